The highest BCUT2D eigenvalue weighted by Gasteiger charge is 2.16. The Bertz CT molecular complexity index is 670. The fourth-order valence-corrected chi connectivity index (χ4v) is 3.37. The van der Waals surface area contributed by atoms with Gasteiger partial charge in [-0.05, 0) is 24.6 Å². The number of nitrogens with zero attached hydrogens (tertiary/aromatic N) is 2. The molecule has 1 amide bonds. The van der Waals surface area contributed by atoms with Crippen LogP contribution in [0.2, 0.25) is 0 Å². The van der Waals surface area contributed by atoms with Gasteiger partial charge in [0.25, 0.3) is 0 Å². The quantitative estimate of drug-likeness (QED) is 0.823. The van der Waals surface area contributed by atoms with Gasteiger partial charge in [0.05, 0.1) is 28.3 Å². The number of alkyl halides is 1. The van der Waals surface area contributed by atoms with Crippen molar-refractivity contribution in [1.82, 2.24) is 4.98 Å². The van der Waals surface area contributed by atoms with Gasteiger partial charge in [0.15, 0.2) is 5.13 Å². The molecule has 0 spiro atoms. The molecular formula is C15H18BrN3O2S. The van der Waals surface area contributed by atoms with Crippen LogP contribution in [0.4, 0.5) is 10.8 Å². The third-order valence-electron chi connectivity index (χ3n) is 3.62. The highest BCUT2D eigenvalue weighted by molar-refractivity contribution is 9.10. The minimum atomic E-state index is -0.177. The van der Waals surface area contributed by atoms with Crippen molar-refractivity contribution in [3.8, 4) is 0 Å². The molecule has 2 aromatic rings. The van der Waals surface area contributed by atoms with Crippen LogP contribution >= 0.6 is 27.3 Å². The van der Waals surface area contributed by atoms with Gasteiger partial charge in [0, 0.05) is 18.8 Å². The number of fused-ring (bicyclic) bond motifs is 1. The van der Waals surface area contributed by atoms with Gasteiger partial charge in [-0.15, -0.1) is 0 Å². The summed E-state index contributed by atoms with van der Waals surface area (Å²) in [5.41, 5.74) is 2.10. The van der Waals surface area contributed by atoms with Gasteiger partial charge >= 0.3 is 0 Å². The van der Waals surface area contributed by atoms with E-state index in [9.17, 15) is 4.79 Å². The van der Waals surface area contributed by atoms with Crippen LogP contribution in [-0.4, -0.2) is 42.0 Å². The lowest BCUT2D eigenvalue weighted by molar-refractivity contribution is -0.115. The van der Waals surface area contributed by atoms with Crippen molar-refractivity contribution in [1.29, 1.82) is 0 Å². The van der Waals surface area contributed by atoms with Crippen molar-refractivity contribution in [3.05, 3.63) is 18.2 Å². The number of hydrogen-bond donors (Lipinski definition) is 1. The summed E-state index contributed by atoms with van der Waals surface area (Å²) in [7, 11) is 0. The molecule has 5 nitrogen and oxygen atoms in total. The number of nitrogens with one attached hydrogen (secondary N) is 1. The van der Waals surface area contributed by atoms with E-state index >= 15 is 0 Å². The highest BCUT2D eigenvalue weighted by atomic mass is 79.9. The first-order valence-corrected chi connectivity index (χ1v) is 9.09. The summed E-state index contributed by atoms with van der Waals surface area (Å²) in [6.07, 6.45) is 0.748. The van der Waals surface area contributed by atoms with Crippen molar-refractivity contribution in [2.75, 3.05) is 36.5 Å². The average Bonchev–Trinajstić information content (AvgIpc) is 2.96. The Kier molecular flexibility index (Phi) is 4.95. The summed E-state index contributed by atoms with van der Waals surface area (Å²) in [4.78, 5) is 18.5. The van der Waals surface area contributed by atoms with Crippen molar-refractivity contribution < 1.29 is 9.53 Å². The molecule has 1 aromatic heterocycles. The number of aromatic nitrogens is 1. The number of morpholine rings is 1. The van der Waals surface area contributed by atoms with Crippen LogP contribution in [0.5, 0.6) is 0 Å². The summed E-state index contributed by atoms with van der Waals surface area (Å²) in [6.45, 7) is 5.33. The topological polar surface area (TPSA) is 54.5 Å². The van der Waals surface area contributed by atoms with Crippen molar-refractivity contribution in [3.63, 3.8) is 0 Å². The van der Waals surface area contributed by atoms with E-state index in [0.717, 1.165) is 42.9 Å². The third-order valence-corrected chi connectivity index (χ3v) is 5.62. The molecule has 0 aliphatic carbocycles. The molecule has 3 rings (SSSR count). The summed E-state index contributed by atoms with van der Waals surface area (Å²) in [6, 6.07) is 6.23. The van der Waals surface area contributed by atoms with Crippen LogP contribution in [-0.2, 0) is 9.53 Å². The number of ether oxygens (including phenoxy) is 1. The van der Waals surface area contributed by atoms with Gasteiger partial charge < -0.3 is 15.0 Å². The van der Waals surface area contributed by atoms with E-state index in [4.69, 9.17) is 4.74 Å². The molecule has 1 aliphatic heterocycles. The predicted molar refractivity (Wildman–Crippen MR) is 94.3 cm³/mol. The number of benzene rings is 1. The van der Waals surface area contributed by atoms with E-state index in [0.29, 0.717) is 5.13 Å². The molecule has 7 heteroatoms. The number of carbonyl (C=O) groups is 1. The SMILES string of the molecule is CC[C@@H](Br)C(=O)Nc1nc2ccc(N3CCOCC3)cc2s1. The molecule has 2 heterocycles. The Balaban J connectivity index is 1.79. The van der Waals surface area contributed by atoms with Gasteiger partial charge in [-0.2, -0.15) is 0 Å². The molecule has 1 aromatic carbocycles. The van der Waals surface area contributed by atoms with Gasteiger partial charge in [-0.3, -0.25) is 4.79 Å². The maximum absolute atomic E-state index is 11.9. The van der Waals surface area contributed by atoms with Crippen molar-refractivity contribution in [2.45, 2.75) is 18.2 Å². The Hall–Kier alpha value is -1.18. The molecule has 0 unspecified atom stereocenters. The standard InChI is InChI=1S/C15H18BrN3O2S/c1-2-11(16)14(20)18-15-17-12-4-3-10(9-13(12)22-15)19-5-7-21-8-6-19/h3-4,9,11H,2,5-8H2,1H3,(H,17,18,20)/t11-/m1/s1. The summed E-state index contributed by atoms with van der Waals surface area (Å²) >= 11 is 4.86. The molecule has 0 bridgehead atoms. The minimum absolute atomic E-state index is 0.0463. The molecule has 1 fully saturated rings. The Morgan fingerprint density at radius 1 is 1.50 bits per heavy atom. The number of carbonyl (C=O) groups excluding carboxylic acids is 1. The molecule has 22 heavy (non-hydrogen) atoms. The monoisotopic (exact) mass is 383 g/mol. The van der Waals surface area contributed by atoms with Crippen LogP contribution < -0.4 is 10.2 Å². The van der Waals surface area contributed by atoms with Crippen LogP contribution in [0.15, 0.2) is 18.2 Å². The van der Waals surface area contributed by atoms with Crippen molar-refractivity contribution in [2.24, 2.45) is 0 Å². The van der Waals surface area contributed by atoms with Crippen LogP contribution in [0.25, 0.3) is 10.2 Å². The van der Waals surface area contributed by atoms with E-state index in [2.05, 4.69) is 43.3 Å². The average molecular weight is 384 g/mol. The molecule has 118 valence electrons. The summed E-state index contributed by atoms with van der Waals surface area (Å²) < 4.78 is 6.47. The van der Waals surface area contributed by atoms with Gasteiger partial charge in [-0.1, -0.05) is 34.2 Å². The van der Waals surface area contributed by atoms with Crippen LogP contribution in [0, 0.1) is 0 Å². The molecule has 1 atom stereocenters. The summed E-state index contributed by atoms with van der Waals surface area (Å²) in [5.74, 6) is -0.0463. The lowest BCUT2D eigenvalue weighted by atomic mass is 10.2. The van der Waals surface area contributed by atoms with E-state index < -0.39 is 0 Å². The Labute approximate surface area is 141 Å². The lowest BCUT2D eigenvalue weighted by Crippen LogP contribution is -2.36. The van der Waals surface area contributed by atoms with E-state index in [1.807, 2.05) is 13.0 Å². The number of thiazole rings is 1. The van der Waals surface area contributed by atoms with E-state index in [1.165, 1.54) is 17.0 Å². The normalized spacial score (nSPS) is 16.7. The van der Waals surface area contributed by atoms with E-state index in [1.54, 1.807) is 0 Å². The predicted octanol–water partition coefficient (Wildman–Crippen LogP) is 3.24. The molecular weight excluding hydrogens is 366 g/mol. The maximum atomic E-state index is 11.9. The second-order valence-corrected chi connectivity index (χ2v) is 7.27. The molecule has 1 aliphatic rings. The molecule has 0 saturated carbocycles. The molecule has 0 radical (unpaired) electrons. The molecule has 1 N–H and O–H groups in total. The van der Waals surface area contributed by atoms with Crippen LogP contribution in [0.1, 0.15) is 13.3 Å². The number of amides is 1. The lowest BCUT2D eigenvalue weighted by Gasteiger charge is -2.28. The number of halogens is 1. The Morgan fingerprint density at radius 2 is 2.27 bits per heavy atom. The first-order valence-electron chi connectivity index (χ1n) is 7.35. The minimum Gasteiger partial charge on any atom is -0.378 e. The zero-order valence-corrected chi connectivity index (χ0v) is 14.7. The first-order chi connectivity index (χ1) is 10.7. The zero-order chi connectivity index (χ0) is 15.5. The number of anilines is 2. The number of rotatable bonds is 4. The highest BCUT2D eigenvalue weighted by Crippen LogP contribution is 2.30. The van der Waals surface area contributed by atoms with Gasteiger partial charge in [0.2, 0.25) is 5.91 Å². The number of hydrogen-bond acceptors (Lipinski definition) is 5. The third kappa shape index (κ3) is 3.42. The van der Waals surface area contributed by atoms with Gasteiger partial charge in [-0.25, -0.2) is 4.98 Å². The second kappa shape index (κ2) is 6.93. The summed E-state index contributed by atoms with van der Waals surface area (Å²) in [5, 5.41) is 3.52. The smallest absolute Gasteiger partial charge is 0.239 e. The van der Waals surface area contributed by atoms with E-state index in [-0.39, 0.29) is 10.7 Å². The molecule has 1 saturated heterocycles. The van der Waals surface area contributed by atoms with Crippen LogP contribution in [0.3, 0.4) is 0 Å². The largest absolute Gasteiger partial charge is 0.378 e. The van der Waals surface area contributed by atoms with Gasteiger partial charge in [0.1, 0.15) is 0 Å². The second-order valence-electron chi connectivity index (χ2n) is 5.14. The first kappa shape index (κ1) is 15.7. The fourth-order valence-electron chi connectivity index (χ4n) is 2.35. The van der Waals surface area contributed by atoms with Crippen molar-refractivity contribution >= 4 is 54.2 Å². The maximum Gasteiger partial charge on any atom is 0.239 e. The Morgan fingerprint density at radius 3 is 3.00 bits per heavy atom. The zero-order valence-electron chi connectivity index (χ0n) is 12.3. The fraction of sp³-hybridized carbons (Fsp3) is 0.467.